The maximum absolute atomic E-state index is 12.4. The minimum absolute atomic E-state index is 0.0917. The Bertz CT molecular complexity index is 1010. The first kappa shape index (κ1) is 19.3. The monoisotopic (exact) mass is 380 g/mol. The van der Waals surface area contributed by atoms with E-state index in [9.17, 15) is 14.9 Å². The molecule has 3 aromatic rings. The molecule has 1 atom stereocenters. The van der Waals surface area contributed by atoms with Crippen LogP contribution in [0.4, 0.5) is 11.4 Å². The van der Waals surface area contributed by atoms with Crippen LogP contribution in [0.25, 0.3) is 10.8 Å². The summed E-state index contributed by atoms with van der Waals surface area (Å²) in [5.74, 6) is 0.0453. The normalized spacial score (nSPS) is 11.8. The lowest BCUT2D eigenvalue weighted by Gasteiger charge is -2.14. The minimum atomic E-state index is -0.506. The van der Waals surface area contributed by atoms with Crippen LogP contribution in [0.5, 0.6) is 5.75 Å². The number of nitrogens with zero attached hydrogens (tertiary/aromatic N) is 1. The van der Waals surface area contributed by atoms with Gasteiger partial charge in [-0.1, -0.05) is 42.5 Å². The molecule has 7 nitrogen and oxygen atoms in total. The van der Waals surface area contributed by atoms with Crippen molar-refractivity contribution in [3.63, 3.8) is 0 Å². The molecule has 7 heteroatoms. The van der Waals surface area contributed by atoms with Crippen LogP contribution < -0.4 is 15.4 Å². The van der Waals surface area contributed by atoms with Crippen molar-refractivity contribution in [3.05, 3.63) is 76.3 Å². The number of carbonyl (C=O) groups is 1. The van der Waals surface area contributed by atoms with E-state index in [0.29, 0.717) is 5.69 Å². The van der Waals surface area contributed by atoms with E-state index in [1.165, 1.54) is 41.6 Å². The number of quaternary nitrogens is 1. The molecule has 0 radical (unpaired) electrons. The Morgan fingerprint density at radius 2 is 1.93 bits per heavy atom. The van der Waals surface area contributed by atoms with Gasteiger partial charge >= 0.3 is 0 Å². The van der Waals surface area contributed by atoms with Crippen LogP contribution in [0.2, 0.25) is 0 Å². The number of methoxy groups -OCH3 is 1. The largest absolute Gasteiger partial charge is 0.494 e. The zero-order valence-corrected chi connectivity index (χ0v) is 15.7. The van der Waals surface area contributed by atoms with E-state index in [1.807, 2.05) is 23.5 Å². The summed E-state index contributed by atoms with van der Waals surface area (Å²) in [7, 11) is 1.41. The van der Waals surface area contributed by atoms with Crippen LogP contribution in [-0.4, -0.2) is 24.5 Å². The number of rotatable bonds is 7. The molecular weight excluding hydrogens is 358 g/mol. The van der Waals surface area contributed by atoms with Gasteiger partial charge in [0.25, 0.3) is 11.6 Å². The number of amides is 1. The first-order valence-corrected chi connectivity index (χ1v) is 8.93. The van der Waals surface area contributed by atoms with Crippen LogP contribution in [0.15, 0.2) is 60.7 Å². The van der Waals surface area contributed by atoms with Crippen molar-refractivity contribution in [2.24, 2.45) is 0 Å². The zero-order chi connectivity index (χ0) is 20.1. The van der Waals surface area contributed by atoms with E-state index in [0.717, 1.165) is 0 Å². The van der Waals surface area contributed by atoms with Gasteiger partial charge in [0.1, 0.15) is 11.8 Å². The second kappa shape index (κ2) is 8.49. The summed E-state index contributed by atoms with van der Waals surface area (Å²) in [5, 5.41) is 17.9. The number of nitrogens with one attached hydrogen (secondary N) is 1. The van der Waals surface area contributed by atoms with E-state index in [1.54, 1.807) is 0 Å². The molecule has 1 amide bonds. The molecule has 0 heterocycles. The van der Waals surface area contributed by atoms with E-state index in [2.05, 4.69) is 36.5 Å². The number of benzene rings is 3. The maximum atomic E-state index is 12.4. The minimum Gasteiger partial charge on any atom is -0.494 e. The van der Waals surface area contributed by atoms with E-state index in [4.69, 9.17) is 4.74 Å². The Kier molecular flexibility index (Phi) is 5.86. The molecule has 0 fully saturated rings. The molecular formula is C21H22N3O4+. The highest BCUT2D eigenvalue weighted by Crippen LogP contribution is 2.28. The van der Waals surface area contributed by atoms with Crippen LogP contribution in [-0.2, 0) is 4.79 Å². The van der Waals surface area contributed by atoms with E-state index < -0.39 is 4.92 Å². The fraction of sp³-hybridized carbons (Fsp3) is 0.190. The number of non-ortho nitro benzene ring substituents is 1. The van der Waals surface area contributed by atoms with E-state index >= 15 is 0 Å². The van der Waals surface area contributed by atoms with Gasteiger partial charge in [0.15, 0.2) is 6.54 Å². The molecule has 0 saturated carbocycles. The summed E-state index contributed by atoms with van der Waals surface area (Å²) in [5.41, 5.74) is 1.48. The summed E-state index contributed by atoms with van der Waals surface area (Å²) in [6.07, 6.45) is 0. The first-order chi connectivity index (χ1) is 13.5. The van der Waals surface area contributed by atoms with Gasteiger partial charge in [-0.3, -0.25) is 14.9 Å². The van der Waals surface area contributed by atoms with Crippen LogP contribution in [0, 0.1) is 10.1 Å². The quantitative estimate of drug-likeness (QED) is 0.486. The summed E-state index contributed by atoms with van der Waals surface area (Å²) in [6, 6.07) is 18.5. The topological polar surface area (TPSA) is 98.1 Å². The fourth-order valence-electron chi connectivity index (χ4n) is 3.16. The third kappa shape index (κ3) is 4.27. The van der Waals surface area contributed by atoms with Crippen LogP contribution in [0.1, 0.15) is 18.5 Å². The molecule has 0 aliphatic rings. The Hall–Kier alpha value is -3.45. The molecule has 0 bridgehead atoms. The summed E-state index contributed by atoms with van der Waals surface area (Å²) < 4.78 is 5.15. The molecule has 0 aliphatic heterocycles. The molecule has 28 heavy (non-hydrogen) atoms. The molecule has 0 spiro atoms. The van der Waals surface area contributed by atoms with Crippen molar-refractivity contribution in [2.45, 2.75) is 13.0 Å². The Labute approximate surface area is 162 Å². The van der Waals surface area contributed by atoms with Gasteiger partial charge in [-0.25, -0.2) is 0 Å². The Morgan fingerprint density at radius 1 is 1.18 bits per heavy atom. The number of nitrogens with two attached hydrogens (primary N) is 1. The molecule has 3 aromatic carbocycles. The third-order valence-electron chi connectivity index (χ3n) is 4.64. The summed E-state index contributed by atoms with van der Waals surface area (Å²) >= 11 is 0. The maximum Gasteiger partial charge on any atom is 0.279 e. The van der Waals surface area contributed by atoms with Crippen molar-refractivity contribution in [1.29, 1.82) is 0 Å². The van der Waals surface area contributed by atoms with Crippen LogP contribution in [0.3, 0.4) is 0 Å². The number of hydrogen-bond donors (Lipinski definition) is 2. The highest BCUT2D eigenvalue weighted by molar-refractivity contribution is 5.93. The lowest BCUT2D eigenvalue weighted by atomic mass is 10.00. The molecule has 144 valence electrons. The second-order valence-electron chi connectivity index (χ2n) is 6.49. The molecule has 0 unspecified atom stereocenters. The highest BCUT2D eigenvalue weighted by Gasteiger charge is 2.17. The lowest BCUT2D eigenvalue weighted by Crippen LogP contribution is -2.86. The summed E-state index contributed by atoms with van der Waals surface area (Å²) in [6.45, 7) is 2.27. The number of nitro benzene ring substituents is 1. The van der Waals surface area contributed by atoms with Crippen molar-refractivity contribution in [3.8, 4) is 5.75 Å². The van der Waals surface area contributed by atoms with Gasteiger partial charge in [-0.2, -0.15) is 0 Å². The van der Waals surface area contributed by atoms with Gasteiger partial charge in [-0.05, 0) is 23.8 Å². The van der Waals surface area contributed by atoms with Gasteiger partial charge in [0, 0.05) is 11.6 Å². The summed E-state index contributed by atoms with van der Waals surface area (Å²) in [4.78, 5) is 22.7. The highest BCUT2D eigenvalue weighted by atomic mass is 16.6. The molecule has 3 rings (SSSR count). The van der Waals surface area contributed by atoms with Gasteiger partial charge in [-0.15, -0.1) is 0 Å². The predicted molar refractivity (Wildman–Crippen MR) is 107 cm³/mol. The number of anilines is 1. The van der Waals surface area contributed by atoms with Gasteiger partial charge in [0.05, 0.1) is 23.8 Å². The van der Waals surface area contributed by atoms with Gasteiger partial charge < -0.3 is 15.4 Å². The number of fused-ring (bicyclic) bond motifs is 1. The van der Waals surface area contributed by atoms with Crippen molar-refractivity contribution in [1.82, 2.24) is 0 Å². The Morgan fingerprint density at radius 3 is 2.68 bits per heavy atom. The van der Waals surface area contributed by atoms with Crippen molar-refractivity contribution < 1.29 is 19.8 Å². The standard InChI is InChI=1S/C21H21N3O4/c1-14(17-9-5-7-15-6-3-4-8-18(15)17)22-13-21(25)23-19-11-10-16(24(26)27)12-20(19)28-2/h3-12,14,22H,13H2,1-2H3,(H,23,25)/p+1/t14-/m1/s1. The second-order valence-corrected chi connectivity index (χ2v) is 6.49. The first-order valence-electron chi connectivity index (χ1n) is 8.93. The number of carbonyl (C=O) groups excluding carboxylic acids is 1. The number of ether oxygens (including phenoxy) is 1. The molecule has 0 saturated heterocycles. The average molecular weight is 380 g/mol. The van der Waals surface area contributed by atoms with Gasteiger partial charge in [0.2, 0.25) is 0 Å². The third-order valence-corrected chi connectivity index (χ3v) is 4.64. The van der Waals surface area contributed by atoms with Crippen LogP contribution >= 0.6 is 0 Å². The number of nitro groups is 1. The van der Waals surface area contributed by atoms with E-state index in [-0.39, 0.29) is 29.9 Å². The lowest BCUT2D eigenvalue weighted by molar-refractivity contribution is -0.682. The Balaban J connectivity index is 1.66. The van der Waals surface area contributed by atoms with Crippen molar-refractivity contribution >= 4 is 28.1 Å². The average Bonchev–Trinajstić information content (AvgIpc) is 2.71. The van der Waals surface area contributed by atoms with Crippen molar-refractivity contribution in [2.75, 3.05) is 19.0 Å². The molecule has 3 N–H and O–H groups in total. The fourth-order valence-corrected chi connectivity index (χ4v) is 3.16. The predicted octanol–water partition coefficient (Wildman–Crippen LogP) is 3.02. The number of hydrogen-bond acceptors (Lipinski definition) is 4. The molecule has 0 aliphatic carbocycles. The SMILES string of the molecule is COc1cc([N+](=O)[O-])ccc1NC(=O)C[NH2+][C@H](C)c1cccc2ccccc12. The zero-order valence-electron chi connectivity index (χ0n) is 15.7. The smallest absolute Gasteiger partial charge is 0.279 e. The molecule has 0 aromatic heterocycles.